The summed E-state index contributed by atoms with van der Waals surface area (Å²) in [5.41, 5.74) is 1.38. The highest BCUT2D eigenvalue weighted by Gasteiger charge is 2.43. The van der Waals surface area contributed by atoms with Crippen molar-refractivity contribution in [3.63, 3.8) is 0 Å². The van der Waals surface area contributed by atoms with Gasteiger partial charge in [-0.2, -0.15) is 0 Å². The minimum absolute atomic E-state index is 0.0638. The fourth-order valence-corrected chi connectivity index (χ4v) is 2.61. The second kappa shape index (κ2) is 8.70. The maximum absolute atomic E-state index is 12.2. The van der Waals surface area contributed by atoms with Crippen LogP contribution in [0.25, 0.3) is 0 Å². The maximum atomic E-state index is 12.2. The number of benzene rings is 1. The van der Waals surface area contributed by atoms with E-state index in [1.54, 1.807) is 18.5 Å². The zero-order valence-electron chi connectivity index (χ0n) is 15.8. The van der Waals surface area contributed by atoms with Crippen molar-refractivity contribution in [1.82, 2.24) is 21.1 Å². The molecule has 9 heteroatoms. The fraction of sp³-hybridized carbons (Fsp3) is 0.250. The lowest BCUT2D eigenvalue weighted by atomic mass is 9.91. The summed E-state index contributed by atoms with van der Waals surface area (Å²) >= 11 is 0. The Morgan fingerprint density at radius 1 is 1.21 bits per heavy atom. The van der Waals surface area contributed by atoms with Crippen LogP contribution < -0.4 is 10.8 Å². The van der Waals surface area contributed by atoms with Gasteiger partial charge in [-0.15, -0.1) is 0 Å². The molecule has 3 aromatic rings. The topological polar surface area (TPSA) is 134 Å². The van der Waals surface area contributed by atoms with Crippen LogP contribution in [0, 0.1) is 18.8 Å². The summed E-state index contributed by atoms with van der Waals surface area (Å²) in [7, 11) is 0. The van der Waals surface area contributed by atoms with E-state index >= 15 is 0 Å². The predicted octanol–water partition coefficient (Wildman–Crippen LogP) is 1.46. The molecule has 4 N–H and O–H groups in total. The molecule has 3 rings (SSSR count). The average Bonchev–Trinajstić information content (AvgIpc) is 3.39. The molecule has 0 aliphatic heterocycles. The minimum atomic E-state index is -1.62. The average molecular weight is 396 g/mol. The summed E-state index contributed by atoms with van der Waals surface area (Å²) in [6.45, 7) is 3.14. The van der Waals surface area contributed by atoms with Crippen LogP contribution in [0.5, 0.6) is 0 Å². The second-order valence-electron chi connectivity index (χ2n) is 6.56. The van der Waals surface area contributed by atoms with Crippen LogP contribution in [-0.2, 0) is 11.3 Å². The summed E-state index contributed by atoms with van der Waals surface area (Å²) in [5, 5.41) is 30.2. The maximum Gasteiger partial charge on any atom is 0.266 e. The Balaban J connectivity index is 1.73. The van der Waals surface area contributed by atoms with Gasteiger partial charge in [-0.3, -0.25) is 15.3 Å². The number of aliphatic hydroxyl groups excluding tert-OH is 1. The van der Waals surface area contributed by atoms with E-state index in [4.69, 9.17) is 14.3 Å². The normalized spacial score (nSPS) is 13.8. The van der Waals surface area contributed by atoms with Crippen LogP contribution in [0.3, 0.4) is 0 Å². The smallest absolute Gasteiger partial charge is 0.266 e. The van der Waals surface area contributed by atoms with E-state index in [-0.39, 0.29) is 12.2 Å². The molecule has 9 nitrogen and oxygen atoms in total. The highest BCUT2D eigenvalue weighted by molar-refractivity contribution is 5.85. The summed E-state index contributed by atoms with van der Waals surface area (Å²) in [6, 6.07) is 12.5. The van der Waals surface area contributed by atoms with Gasteiger partial charge in [0.1, 0.15) is 23.1 Å². The van der Waals surface area contributed by atoms with E-state index in [1.165, 1.54) is 13.0 Å². The number of rotatable bonds is 6. The van der Waals surface area contributed by atoms with E-state index in [0.29, 0.717) is 17.2 Å². The number of aromatic nitrogens is 2. The Morgan fingerprint density at radius 3 is 2.62 bits per heavy atom. The van der Waals surface area contributed by atoms with Crippen molar-refractivity contribution < 1.29 is 24.2 Å². The van der Waals surface area contributed by atoms with Gasteiger partial charge in [0.15, 0.2) is 0 Å². The zero-order valence-corrected chi connectivity index (χ0v) is 15.8. The first-order chi connectivity index (χ1) is 13.9. The van der Waals surface area contributed by atoms with E-state index in [9.17, 15) is 9.90 Å². The Kier molecular flexibility index (Phi) is 6.09. The molecule has 2 atom stereocenters. The SMILES string of the molecule is Cc1cc([C@H](O)C(C)(NCc2cc(C#Cc3ccccc3)on2)C(=O)NO)no1. The van der Waals surface area contributed by atoms with Gasteiger partial charge >= 0.3 is 0 Å². The molecule has 2 heterocycles. The zero-order chi connectivity index (χ0) is 20.9. The molecular formula is C20H20N4O5. The number of aryl methyl sites for hydroxylation is 1. The molecule has 0 bridgehead atoms. The van der Waals surface area contributed by atoms with Gasteiger partial charge in [-0.25, -0.2) is 5.48 Å². The Morgan fingerprint density at radius 2 is 1.97 bits per heavy atom. The molecule has 1 unspecified atom stereocenters. The van der Waals surface area contributed by atoms with Crippen molar-refractivity contribution in [3.8, 4) is 11.8 Å². The van der Waals surface area contributed by atoms with Crippen molar-refractivity contribution in [2.24, 2.45) is 0 Å². The Bertz CT molecular complexity index is 1030. The number of hydrogen-bond acceptors (Lipinski definition) is 8. The summed E-state index contributed by atoms with van der Waals surface area (Å²) in [6.07, 6.45) is -1.39. The highest BCUT2D eigenvalue weighted by atomic mass is 16.5. The van der Waals surface area contributed by atoms with Gasteiger partial charge in [-0.1, -0.05) is 34.4 Å². The molecule has 0 saturated carbocycles. The lowest BCUT2D eigenvalue weighted by Gasteiger charge is -2.31. The number of carbonyl (C=O) groups is 1. The second-order valence-corrected chi connectivity index (χ2v) is 6.56. The molecule has 0 spiro atoms. The first kappa shape index (κ1) is 20.3. The van der Waals surface area contributed by atoms with Crippen LogP contribution in [0.1, 0.15) is 41.5 Å². The van der Waals surface area contributed by atoms with E-state index in [1.807, 2.05) is 30.3 Å². The third-order valence-corrected chi connectivity index (χ3v) is 4.35. The molecular weight excluding hydrogens is 376 g/mol. The third-order valence-electron chi connectivity index (χ3n) is 4.35. The lowest BCUT2D eigenvalue weighted by molar-refractivity contribution is -0.141. The van der Waals surface area contributed by atoms with Crippen molar-refractivity contribution in [3.05, 3.63) is 70.9 Å². The first-order valence-corrected chi connectivity index (χ1v) is 8.76. The molecule has 0 aliphatic rings. The highest BCUT2D eigenvalue weighted by Crippen LogP contribution is 2.26. The molecule has 150 valence electrons. The molecule has 1 amide bonds. The monoisotopic (exact) mass is 396 g/mol. The molecule has 0 aliphatic carbocycles. The van der Waals surface area contributed by atoms with Crippen molar-refractivity contribution in [1.29, 1.82) is 0 Å². The minimum Gasteiger partial charge on any atom is -0.384 e. The number of nitrogens with zero attached hydrogens (tertiary/aromatic N) is 2. The van der Waals surface area contributed by atoms with E-state index < -0.39 is 17.6 Å². The van der Waals surface area contributed by atoms with E-state index in [2.05, 4.69) is 27.5 Å². The number of carbonyl (C=O) groups excluding carboxylic acids is 1. The Labute approximate surface area is 166 Å². The fourth-order valence-electron chi connectivity index (χ4n) is 2.61. The molecule has 2 aromatic heterocycles. The van der Waals surface area contributed by atoms with Crippen molar-refractivity contribution >= 4 is 5.91 Å². The summed E-state index contributed by atoms with van der Waals surface area (Å²) in [5.74, 6) is 5.80. The quantitative estimate of drug-likeness (QED) is 0.280. The number of hydroxylamine groups is 1. The van der Waals surface area contributed by atoms with Crippen LogP contribution >= 0.6 is 0 Å². The first-order valence-electron chi connectivity index (χ1n) is 8.76. The largest absolute Gasteiger partial charge is 0.384 e. The number of nitrogens with one attached hydrogen (secondary N) is 2. The number of aliphatic hydroxyl groups is 1. The molecule has 0 saturated heterocycles. The van der Waals surface area contributed by atoms with E-state index in [0.717, 1.165) is 5.56 Å². The Hall–Kier alpha value is -3.45. The van der Waals surface area contributed by atoms with Crippen molar-refractivity contribution in [2.45, 2.75) is 32.0 Å². The molecule has 0 radical (unpaired) electrons. The number of hydrogen-bond donors (Lipinski definition) is 4. The lowest BCUT2D eigenvalue weighted by Crippen LogP contribution is -2.57. The van der Waals surface area contributed by atoms with Gasteiger partial charge in [0.2, 0.25) is 5.76 Å². The van der Waals surface area contributed by atoms with Gasteiger partial charge in [0.05, 0.1) is 5.69 Å². The van der Waals surface area contributed by atoms with Gasteiger partial charge in [0.25, 0.3) is 5.91 Å². The van der Waals surface area contributed by atoms with Gasteiger partial charge in [0, 0.05) is 24.2 Å². The van der Waals surface area contributed by atoms with Crippen LogP contribution in [0.15, 0.2) is 51.5 Å². The standard InChI is InChI=1S/C20H20N4O5/c1-13-10-17(24-28-13)18(25)20(2,19(26)22-27)21-12-15-11-16(29-23-15)9-8-14-6-4-3-5-7-14/h3-7,10-11,18,21,25,27H,12H2,1-2H3,(H,22,26)/t18-,20?/m0/s1. The van der Waals surface area contributed by atoms with Gasteiger partial charge in [-0.05, 0) is 31.9 Å². The van der Waals surface area contributed by atoms with Crippen molar-refractivity contribution in [2.75, 3.05) is 0 Å². The van der Waals surface area contributed by atoms with Crippen LogP contribution in [0.4, 0.5) is 0 Å². The predicted molar refractivity (Wildman–Crippen MR) is 100 cm³/mol. The summed E-state index contributed by atoms with van der Waals surface area (Å²) < 4.78 is 10.1. The van der Waals surface area contributed by atoms with Crippen LogP contribution in [-0.4, -0.2) is 32.1 Å². The van der Waals surface area contributed by atoms with Gasteiger partial charge < -0.3 is 14.2 Å². The molecule has 0 fully saturated rings. The van der Waals surface area contributed by atoms with Crippen LogP contribution in [0.2, 0.25) is 0 Å². The number of amides is 1. The third kappa shape index (κ3) is 4.70. The molecule has 1 aromatic carbocycles. The molecule has 29 heavy (non-hydrogen) atoms. The summed E-state index contributed by atoms with van der Waals surface area (Å²) in [4.78, 5) is 12.2.